The second-order valence-electron chi connectivity index (χ2n) is 7.38. The van der Waals surface area contributed by atoms with Crippen LogP contribution in [0.5, 0.6) is 0 Å². The second kappa shape index (κ2) is 7.43. The van der Waals surface area contributed by atoms with E-state index in [2.05, 4.69) is 16.2 Å². The van der Waals surface area contributed by atoms with Gasteiger partial charge in [-0.05, 0) is 56.7 Å². The van der Waals surface area contributed by atoms with E-state index in [1.165, 1.54) is 0 Å². The lowest BCUT2D eigenvalue weighted by atomic mass is 9.83. The van der Waals surface area contributed by atoms with E-state index in [9.17, 15) is 13.2 Å². The van der Waals surface area contributed by atoms with Gasteiger partial charge in [-0.25, -0.2) is 8.42 Å². The van der Waals surface area contributed by atoms with Crippen LogP contribution in [0.2, 0.25) is 0 Å². The number of carbonyl (C=O) groups excluding carboxylic acids is 1. The Morgan fingerprint density at radius 3 is 2.64 bits per heavy atom. The topological polar surface area (TPSA) is 87.3 Å². The third-order valence-electron chi connectivity index (χ3n) is 5.25. The molecule has 6 nitrogen and oxygen atoms in total. The third-order valence-corrected chi connectivity index (χ3v) is 7.42. The average molecular weight is 365 g/mol. The molecule has 25 heavy (non-hydrogen) atoms. The Bertz CT molecular complexity index is 716. The summed E-state index contributed by atoms with van der Waals surface area (Å²) in [5.74, 6) is 0.664. The first-order chi connectivity index (χ1) is 11.9. The van der Waals surface area contributed by atoms with E-state index in [0.29, 0.717) is 16.9 Å². The number of fused-ring (bicyclic) bond motifs is 1. The van der Waals surface area contributed by atoms with Crippen LogP contribution in [0.15, 0.2) is 29.2 Å². The van der Waals surface area contributed by atoms with Gasteiger partial charge in [0, 0.05) is 18.6 Å². The van der Waals surface area contributed by atoms with E-state index in [1.807, 2.05) is 0 Å². The zero-order chi connectivity index (χ0) is 18.0. The number of nitrogens with one attached hydrogen (secondary N) is 3. The molecule has 2 aliphatic rings. The molecule has 3 atom stereocenters. The van der Waals surface area contributed by atoms with Crippen molar-refractivity contribution in [2.24, 2.45) is 5.92 Å². The number of sulfone groups is 1. The molecule has 1 aliphatic heterocycles. The van der Waals surface area contributed by atoms with Crippen LogP contribution in [-0.4, -0.2) is 38.2 Å². The number of hydrazine groups is 1. The highest BCUT2D eigenvalue weighted by molar-refractivity contribution is 7.92. The smallest absolute Gasteiger partial charge is 0.224 e. The molecule has 1 saturated carbocycles. The summed E-state index contributed by atoms with van der Waals surface area (Å²) in [6.45, 7) is 4.34. The van der Waals surface area contributed by atoms with Gasteiger partial charge in [0.25, 0.3) is 0 Å². The molecule has 1 aromatic rings. The molecular weight excluding hydrogens is 338 g/mol. The first-order valence-electron chi connectivity index (χ1n) is 8.97. The van der Waals surface area contributed by atoms with Gasteiger partial charge in [-0.1, -0.05) is 12.1 Å². The molecule has 3 unspecified atom stereocenters. The number of hydrogen-bond donors (Lipinski definition) is 3. The molecule has 0 aromatic heterocycles. The molecule has 0 spiro atoms. The average Bonchev–Trinajstić information content (AvgIpc) is 3.02. The lowest BCUT2D eigenvalue weighted by Crippen LogP contribution is -2.45. The Kier molecular flexibility index (Phi) is 5.46. The Balaban J connectivity index is 1.54. The Hall–Kier alpha value is -1.44. The molecule has 3 N–H and O–H groups in total. The van der Waals surface area contributed by atoms with Crippen molar-refractivity contribution in [1.82, 2.24) is 16.2 Å². The van der Waals surface area contributed by atoms with Crippen molar-refractivity contribution in [3.63, 3.8) is 0 Å². The van der Waals surface area contributed by atoms with Crippen LogP contribution < -0.4 is 16.2 Å². The molecule has 1 saturated heterocycles. The van der Waals surface area contributed by atoms with Crippen LogP contribution in [0, 0.1) is 5.92 Å². The molecule has 1 aliphatic carbocycles. The third kappa shape index (κ3) is 4.22. The molecule has 1 aromatic carbocycles. The number of benzene rings is 1. The van der Waals surface area contributed by atoms with E-state index in [-0.39, 0.29) is 18.4 Å². The van der Waals surface area contributed by atoms with E-state index in [1.54, 1.807) is 38.1 Å². The lowest BCUT2D eigenvalue weighted by molar-refractivity contribution is -0.121. The lowest BCUT2D eigenvalue weighted by Gasteiger charge is -2.31. The van der Waals surface area contributed by atoms with Gasteiger partial charge in [0.15, 0.2) is 9.84 Å². The van der Waals surface area contributed by atoms with Gasteiger partial charge in [-0.15, -0.1) is 0 Å². The van der Waals surface area contributed by atoms with Crippen LogP contribution in [0.4, 0.5) is 0 Å². The maximum atomic E-state index is 12.3. The van der Waals surface area contributed by atoms with Crippen LogP contribution in [0.25, 0.3) is 0 Å². The van der Waals surface area contributed by atoms with E-state index >= 15 is 0 Å². The second-order valence-corrected chi connectivity index (χ2v) is 9.89. The highest BCUT2D eigenvalue weighted by Crippen LogP contribution is 2.26. The molecule has 2 fully saturated rings. The van der Waals surface area contributed by atoms with Gasteiger partial charge < -0.3 is 5.32 Å². The van der Waals surface area contributed by atoms with Crippen LogP contribution >= 0.6 is 0 Å². The minimum atomic E-state index is -3.27. The Labute approximate surface area is 149 Å². The Morgan fingerprint density at radius 2 is 1.96 bits per heavy atom. The minimum absolute atomic E-state index is 0.00567. The molecular formula is C18H27N3O3S. The van der Waals surface area contributed by atoms with E-state index in [0.717, 1.165) is 31.4 Å². The number of carbonyl (C=O) groups is 1. The highest BCUT2D eigenvalue weighted by atomic mass is 32.2. The van der Waals surface area contributed by atoms with Gasteiger partial charge in [0.05, 0.1) is 16.6 Å². The van der Waals surface area contributed by atoms with E-state index < -0.39 is 15.1 Å². The minimum Gasteiger partial charge on any atom is -0.353 e. The maximum absolute atomic E-state index is 12.3. The summed E-state index contributed by atoms with van der Waals surface area (Å²) in [5.41, 5.74) is 7.30. The largest absolute Gasteiger partial charge is 0.353 e. The van der Waals surface area contributed by atoms with Crippen LogP contribution in [0.1, 0.15) is 38.7 Å². The van der Waals surface area contributed by atoms with E-state index in [4.69, 9.17) is 0 Å². The normalized spacial score (nSPS) is 26.4. The van der Waals surface area contributed by atoms with Crippen molar-refractivity contribution in [1.29, 1.82) is 0 Å². The Morgan fingerprint density at radius 1 is 1.24 bits per heavy atom. The predicted octanol–water partition coefficient (Wildman–Crippen LogP) is 1.17. The first kappa shape index (κ1) is 18.4. The van der Waals surface area contributed by atoms with Crippen molar-refractivity contribution < 1.29 is 13.2 Å². The molecule has 3 rings (SSSR count). The summed E-state index contributed by atoms with van der Waals surface area (Å²) >= 11 is 0. The molecule has 1 amide bonds. The first-order valence-corrected chi connectivity index (χ1v) is 10.5. The summed E-state index contributed by atoms with van der Waals surface area (Å²) in [6, 6.07) is 7.30. The molecule has 1 heterocycles. The van der Waals surface area contributed by atoms with Gasteiger partial charge >= 0.3 is 0 Å². The summed E-state index contributed by atoms with van der Waals surface area (Å²) in [7, 11) is -3.27. The number of hydrogen-bond acceptors (Lipinski definition) is 5. The quantitative estimate of drug-likeness (QED) is 0.729. The number of amides is 1. The fourth-order valence-electron chi connectivity index (χ4n) is 3.64. The van der Waals surface area contributed by atoms with Crippen molar-refractivity contribution in [2.75, 3.05) is 6.54 Å². The molecule has 0 bridgehead atoms. The zero-order valence-electron chi connectivity index (χ0n) is 14.8. The van der Waals surface area contributed by atoms with Crippen molar-refractivity contribution in [3.05, 3.63) is 29.8 Å². The summed E-state index contributed by atoms with van der Waals surface area (Å²) in [4.78, 5) is 12.6. The van der Waals surface area contributed by atoms with Gasteiger partial charge in [0.2, 0.25) is 5.91 Å². The van der Waals surface area contributed by atoms with Crippen molar-refractivity contribution in [3.8, 4) is 0 Å². The summed E-state index contributed by atoms with van der Waals surface area (Å²) in [6.07, 6.45) is 3.37. The predicted molar refractivity (Wildman–Crippen MR) is 96.7 cm³/mol. The molecule has 7 heteroatoms. The van der Waals surface area contributed by atoms with Gasteiger partial charge in [0.1, 0.15) is 0 Å². The fourth-order valence-corrected chi connectivity index (χ4v) is 4.70. The molecule has 0 radical (unpaired) electrons. The zero-order valence-corrected chi connectivity index (χ0v) is 15.6. The van der Waals surface area contributed by atoms with Crippen molar-refractivity contribution >= 4 is 15.7 Å². The molecule has 138 valence electrons. The van der Waals surface area contributed by atoms with Gasteiger partial charge in [-0.3, -0.25) is 15.6 Å². The van der Waals surface area contributed by atoms with Crippen LogP contribution in [0.3, 0.4) is 0 Å². The standard InChI is InChI=1S/C18H27N3O3S/c1-12(2)25(23,24)16-7-3-13(4-8-16)9-18(22)20-15-6-5-14-11-19-21-17(14)10-15/h3-4,7-8,12,14-15,17,19,21H,5-6,9-11H2,1-2H3,(H,20,22). The maximum Gasteiger partial charge on any atom is 0.224 e. The summed E-state index contributed by atoms with van der Waals surface area (Å²) < 4.78 is 24.3. The summed E-state index contributed by atoms with van der Waals surface area (Å²) in [5, 5.41) is 2.67. The van der Waals surface area contributed by atoms with Crippen LogP contribution in [-0.2, 0) is 21.1 Å². The number of rotatable bonds is 5. The monoisotopic (exact) mass is 365 g/mol. The highest BCUT2D eigenvalue weighted by Gasteiger charge is 2.34. The van der Waals surface area contributed by atoms with Crippen molar-refractivity contribution in [2.45, 2.75) is 61.8 Å². The van der Waals surface area contributed by atoms with Gasteiger partial charge in [-0.2, -0.15) is 0 Å². The SMILES string of the molecule is CC(C)S(=O)(=O)c1ccc(CC(=O)NC2CCC3CNNC3C2)cc1. The fraction of sp³-hybridized carbons (Fsp3) is 0.611.